The number of carbonyl (C=O) groups excluding carboxylic acids is 2. The van der Waals surface area contributed by atoms with Crippen LogP contribution in [0.3, 0.4) is 0 Å². The van der Waals surface area contributed by atoms with E-state index in [9.17, 15) is 9.59 Å². The van der Waals surface area contributed by atoms with Gasteiger partial charge < -0.3 is 29.7 Å². The van der Waals surface area contributed by atoms with Crippen LogP contribution in [0.1, 0.15) is 19.8 Å². The molecule has 148 valence electrons. The molecule has 0 bridgehead atoms. The maximum Gasteiger partial charge on any atom is 0.243 e. The standard InChI is InChI=1S/C19H27N3O5/c1-2-22(19(24)12-20-11-15-4-3-7-25-15)13-18(23)21-14-5-6-16-17(10-14)27-9-8-26-16/h5-6,10,15,20H,2-4,7-9,11-13H2,1H3,(H,21,23). The molecule has 0 radical (unpaired) electrons. The molecule has 2 N–H and O–H groups in total. The van der Waals surface area contributed by atoms with Crippen LogP contribution >= 0.6 is 0 Å². The summed E-state index contributed by atoms with van der Waals surface area (Å²) in [6, 6.07) is 5.25. The predicted molar refractivity (Wildman–Crippen MR) is 100 cm³/mol. The molecule has 8 nitrogen and oxygen atoms in total. The Morgan fingerprint density at radius 1 is 1.19 bits per heavy atom. The summed E-state index contributed by atoms with van der Waals surface area (Å²) >= 11 is 0. The summed E-state index contributed by atoms with van der Waals surface area (Å²) < 4.78 is 16.5. The van der Waals surface area contributed by atoms with Gasteiger partial charge in [-0.25, -0.2) is 0 Å². The third-order valence-corrected chi connectivity index (χ3v) is 4.57. The van der Waals surface area contributed by atoms with Crippen LogP contribution in [0.4, 0.5) is 5.69 Å². The summed E-state index contributed by atoms with van der Waals surface area (Å²) in [4.78, 5) is 26.2. The largest absolute Gasteiger partial charge is 0.486 e. The van der Waals surface area contributed by atoms with Gasteiger partial charge in [-0.05, 0) is 31.9 Å². The lowest BCUT2D eigenvalue weighted by Crippen LogP contribution is -2.43. The van der Waals surface area contributed by atoms with Gasteiger partial charge in [0, 0.05) is 31.5 Å². The summed E-state index contributed by atoms with van der Waals surface area (Å²) in [7, 11) is 0. The van der Waals surface area contributed by atoms with Gasteiger partial charge in [-0.1, -0.05) is 0 Å². The molecular weight excluding hydrogens is 350 g/mol. The average molecular weight is 377 g/mol. The highest BCUT2D eigenvalue weighted by molar-refractivity contribution is 5.95. The predicted octanol–water partition coefficient (Wildman–Crippen LogP) is 1.01. The lowest BCUT2D eigenvalue weighted by Gasteiger charge is -2.22. The molecule has 1 unspecified atom stereocenters. The first-order valence-electron chi connectivity index (χ1n) is 9.45. The summed E-state index contributed by atoms with van der Waals surface area (Å²) in [5.41, 5.74) is 0.615. The number of carbonyl (C=O) groups is 2. The second-order valence-electron chi connectivity index (χ2n) is 6.58. The van der Waals surface area contributed by atoms with Crippen LogP contribution in [0.25, 0.3) is 0 Å². The van der Waals surface area contributed by atoms with Crippen molar-refractivity contribution in [1.82, 2.24) is 10.2 Å². The van der Waals surface area contributed by atoms with Crippen molar-refractivity contribution in [3.05, 3.63) is 18.2 Å². The van der Waals surface area contributed by atoms with Crippen molar-refractivity contribution in [2.75, 3.05) is 51.3 Å². The van der Waals surface area contributed by atoms with Crippen molar-refractivity contribution in [1.29, 1.82) is 0 Å². The molecule has 1 aromatic carbocycles. The molecule has 0 spiro atoms. The Balaban J connectivity index is 1.45. The molecule has 1 aromatic rings. The van der Waals surface area contributed by atoms with Gasteiger partial charge in [-0.2, -0.15) is 0 Å². The summed E-state index contributed by atoms with van der Waals surface area (Å²) in [5.74, 6) is 0.927. The van der Waals surface area contributed by atoms with Crippen molar-refractivity contribution in [3.8, 4) is 11.5 Å². The fourth-order valence-electron chi connectivity index (χ4n) is 3.13. The summed E-state index contributed by atoms with van der Waals surface area (Å²) in [6.45, 7) is 4.99. The number of nitrogens with one attached hydrogen (secondary N) is 2. The second-order valence-corrected chi connectivity index (χ2v) is 6.58. The van der Waals surface area contributed by atoms with E-state index in [2.05, 4.69) is 10.6 Å². The van der Waals surface area contributed by atoms with Crippen LogP contribution in [0.5, 0.6) is 11.5 Å². The summed E-state index contributed by atoms with van der Waals surface area (Å²) in [5, 5.41) is 5.92. The van der Waals surface area contributed by atoms with Crippen LogP contribution in [0, 0.1) is 0 Å². The molecule has 2 amide bonds. The number of benzene rings is 1. The van der Waals surface area contributed by atoms with E-state index in [4.69, 9.17) is 14.2 Å². The van der Waals surface area contributed by atoms with Crippen molar-refractivity contribution < 1.29 is 23.8 Å². The van der Waals surface area contributed by atoms with E-state index in [0.717, 1.165) is 19.4 Å². The third-order valence-electron chi connectivity index (χ3n) is 4.57. The number of ether oxygens (including phenoxy) is 3. The average Bonchev–Trinajstić information content (AvgIpc) is 3.19. The number of likely N-dealkylation sites (N-methyl/N-ethyl adjacent to an activating group) is 1. The number of fused-ring (bicyclic) bond motifs is 1. The topological polar surface area (TPSA) is 89.1 Å². The van der Waals surface area contributed by atoms with E-state index in [1.54, 1.807) is 18.2 Å². The monoisotopic (exact) mass is 377 g/mol. The minimum atomic E-state index is -0.249. The number of hydrogen-bond donors (Lipinski definition) is 2. The zero-order chi connectivity index (χ0) is 19.1. The lowest BCUT2D eigenvalue weighted by molar-refractivity contribution is -0.133. The Hall–Kier alpha value is -2.32. The van der Waals surface area contributed by atoms with Crippen molar-refractivity contribution in [2.45, 2.75) is 25.9 Å². The van der Waals surface area contributed by atoms with Crippen LogP contribution in [-0.4, -0.2) is 68.8 Å². The maximum absolute atomic E-state index is 12.3. The molecule has 1 saturated heterocycles. The van der Waals surface area contributed by atoms with Crippen LogP contribution in [-0.2, 0) is 14.3 Å². The molecule has 27 heavy (non-hydrogen) atoms. The van der Waals surface area contributed by atoms with Crippen molar-refractivity contribution in [2.24, 2.45) is 0 Å². The Bertz CT molecular complexity index is 661. The highest BCUT2D eigenvalue weighted by atomic mass is 16.6. The molecule has 3 rings (SSSR count). The second kappa shape index (κ2) is 9.57. The van der Waals surface area contributed by atoms with E-state index in [-0.39, 0.29) is 31.0 Å². The Morgan fingerprint density at radius 3 is 2.74 bits per heavy atom. The zero-order valence-electron chi connectivity index (χ0n) is 15.7. The Morgan fingerprint density at radius 2 is 2.00 bits per heavy atom. The molecule has 2 aliphatic rings. The molecule has 1 atom stereocenters. The van der Waals surface area contributed by atoms with E-state index < -0.39 is 0 Å². The van der Waals surface area contributed by atoms with Gasteiger partial charge in [0.1, 0.15) is 13.2 Å². The number of amides is 2. The van der Waals surface area contributed by atoms with E-state index in [0.29, 0.717) is 43.5 Å². The first-order chi connectivity index (χ1) is 13.2. The zero-order valence-corrected chi connectivity index (χ0v) is 15.7. The van der Waals surface area contributed by atoms with Gasteiger partial charge in [0.25, 0.3) is 0 Å². The van der Waals surface area contributed by atoms with Crippen LogP contribution in [0.2, 0.25) is 0 Å². The first-order valence-corrected chi connectivity index (χ1v) is 9.45. The fraction of sp³-hybridized carbons (Fsp3) is 0.579. The molecular formula is C19H27N3O5. The Labute approximate surface area is 159 Å². The minimum Gasteiger partial charge on any atom is -0.486 e. The quantitative estimate of drug-likeness (QED) is 0.703. The van der Waals surface area contributed by atoms with E-state index >= 15 is 0 Å². The maximum atomic E-state index is 12.3. The summed E-state index contributed by atoms with van der Waals surface area (Å²) in [6.07, 6.45) is 2.28. The van der Waals surface area contributed by atoms with Crippen LogP contribution in [0.15, 0.2) is 18.2 Å². The van der Waals surface area contributed by atoms with Crippen LogP contribution < -0.4 is 20.1 Å². The first kappa shape index (κ1) is 19.4. The third kappa shape index (κ3) is 5.58. The van der Waals surface area contributed by atoms with Gasteiger partial charge in [0.15, 0.2) is 11.5 Å². The SMILES string of the molecule is CCN(CC(=O)Nc1ccc2c(c1)OCCO2)C(=O)CNCC1CCCO1. The smallest absolute Gasteiger partial charge is 0.243 e. The highest BCUT2D eigenvalue weighted by Gasteiger charge is 2.19. The van der Waals surface area contributed by atoms with Crippen molar-refractivity contribution >= 4 is 17.5 Å². The van der Waals surface area contributed by atoms with Gasteiger partial charge in [0.05, 0.1) is 19.2 Å². The Kier molecular flexibility index (Phi) is 6.89. The normalized spacial score (nSPS) is 18.2. The molecule has 8 heteroatoms. The van der Waals surface area contributed by atoms with Crippen molar-refractivity contribution in [3.63, 3.8) is 0 Å². The van der Waals surface area contributed by atoms with Gasteiger partial charge in [0.2, 0.25) is 11.8 Å². The lowest BCUT2D eigenvalue weighted by atomic mass is 10.2. The molecule has 2 aliphatic heterocycles. The van der Waals surface area contributed by atoms with E-state index in [1.165, 1.54) is 4.90 Å². The number of nitrogens with zero attached hydrogens (tertiary/aromatic N) is 1. The highest BCUT2D eigenvalue weighted by Crippen LogP contribution is 2.32. The van der Waals surface area contributed by atoms with Gasteiger partial charge in [-0.3, -0.25) is 9.59 Å². The molecule has 2 heterocycles. The number of anilines is 1. The van der Waals surface area contributed by atoms with Gasteiger partial charge in [-0.15, -0.1) is 0 Å². The molecule has 0 aliphatic carbocycles. The van der Waals surface area contributed by atoms with E-state index in [1.807, 2.05) is 6.92 Å². The number of rotatable bonds is 8. The molecule has 0 saturated carbocycles. The molecule has 0 aromatic heterocycles. The number of hydrogen-bond acceptors (Lipinski definition) is 6. The van der Waals surface area contributed by atoms with Gasteiger partial charge >= 0.3 is 0 Å². The molecule has 1 fully saturated rings. The fourth-order valence-corrected chi connectivity index (χ4v) is 3.13. The minimum absolute atomic E-state index is 0.00534.